The second kappa shape index (κ2) is 5.63. The standard InChI is InChI=1S/C17H18O/c1-3-14-9-7-8-12-16(14)17(18)13(2)15-10-5-4-6-11-15/h4-13H,3H2,1-2H3. The van der Waals surface area contributed by atoms with E-state index in [0.717, 1.165) is 23.1 Å². The van der Waals surface area contributed by atoms with E-state index < -0.39 is 0 Å². The third kappa shape index (κ3) is 2.51. The molecule has 0 spiro atoms. The molecule has 0 bridgehead atoms. The molecule has 0 aromatic heterocycles. The second-order valence-electron chi connectivity index (χ2n) is 4.51. The zero-order valence-corrected chi connectivity index (χ0v) is 10.9. The topological polar surface area (TPSA) is 17.1 Å². The maximum absolute atomic E-state index is 12.5. The van der Waals surface area contributed by atoms with E-state index >= 15 is 0 Å². The van der Waals surface area contributed by atoms with Crippen LogP contribution in [0.4, 0.5) is 0 Å². The number of hydrogen-bond acceptors (Lipinski definition) is 1. The summed E-state index contributed by atoms with van der Waals surface area (Å²) in [6, 6.07) is 17.8. The highest BCUT2D eigenvalue weighted by Crippen LogP contribution is 2.22. The van der Waals surface area contributed by atoms with Gasteiger partial charge in [-0.25, -0.2) is 0 Å². The Morgan fingerprint density at radius 3 is 2.28 bits per heavy atom. The molecule has 2 rings (SSSR count). The Kier molecular flexibility index (Phi) is 3.93. The van der Waals surface area contributed by atoms with Crippen LogP contribution in [0.5, 0.6) is 0 Å². The van der Waals surface area contributed by atoms with Crippen molar-refractivity contribution in [1.29, 1.82) is 0 Å². The first-order chi connectivity index (χ1) is 8.74. The summed E-state index contributed by atoms with van der Waals surface area (Å²) in [6.07, 6.45) is 0.892. The number of ketones is 1. The third-order valence-corrected chi connectivity index (χ3v) is 3.36. The molecular weight excluding hydrogens is 220 g/mol. The minimum Gasteiger partial charge on any atom is -0.293 e. The number of benzene rings is 2. The van der Waals surface area contributed by atoms with Crippen LogP contribution in [0.2, 0.25) is 0 Å². The second-order valence-corrected chi connectivity index (χ2v) is 4.51. The SMILES string of the molecule is CCc1ccccc1C(=O)C(C)c1ccccc1. The Morgan fingerprint density at radius 2 is 1.61 bits per heavy atom. The molecule has 0 aliphatic heterocycles. The van der Waals surface area contributed by atoms with Crippen molar-refractivity contribution in [3.8, 4) is 0 Å². The average Bonchev–Trinajstić information content (AvgIpc) is 2.46. The van der Waals surface area contributed by atoms with Crippen molar-refractivity contribution in [2.45, 2.75) is 26.2 Å². The van der Waals surface area contributed by atoms with Crippen molar-refractivity contribution in [3.05, 3.63) is 71.3 Å². The van der Waals surface area contributed by atoms with Gasteiger partial charge in [0.05, 0.1) is 0 Å². The Morgan fingerprint density at radius 1 is 1.00 bits per heavy atom. The summed E-state index contributed by atoms with van der Waals surface area (Å²) < 4.78 is 0. The van der Waals surface area contributed by atoms with E-state index in [1.165, 1.54) is 0 Å². The Hall–Kier alpha value is -1.89. The van der Waals surface area contributed by atoms with E-state index in [9.17, 15) is 4.79 Å². The molecule has 2 aromatic carbocycles. The van der Waals surface area contributed by atoms with Crippen LogP contribution < -0.4 is 0 Å². The number of rotatable bonds is 4. The largest absolute Gasteiger partial charge is 0.293 e. The van der Waals surface area contributed by atoms with E-state index in [-0.39, 0.29) is 11.7 Å². The highest BCUT2D eigenvalue weighted by Gasteiger charge is 2.18. The summed E-state index contributed by atoms with van der Waals surface area (Å²) in [5.74, 6) is 0.123. The van der Waals surface area contributed by atoms with Crippen molar-refractivity contribution in [3.63, 3.8) is 0 Å². The van der Waals surface area contributed by atoms with Crippen molar-refractivity contribution in [2.75, 3.05) is 0 Å². The molecule has 1 heteroatoms. The Bertz CT molecular complexity index is 528. The van der Waals surface area contributed by atoms with Crippen molar-refractivity contribution < 1.29 is 4.79 Å². The van der Waals surface area contributed by atoms with Crippen molar-refractivity contribution >= 4 is 5.78 Å². The maximum atomic E-state index is 12.5. The summed E-state index contributed by atoms with van der Waals surface area (Å²) >= 11 is 0. The molecule has 0 saturated carbocycles. The quantitative estimate of drug-likeness (QED) is 0.728. The first-order valence-corrected chi connectivity index (χ1v) is 6.41. The monoisotopic (exact) mass is 238 g/mol. The van der Waals surface area contributed by atoms with Gasteiger partial charge in [0, 0.05) is 11.5 Å². The molecule has 0 fully saturated rings. The summed E-state index contributed by atoms with van der Waals surface area (Å²) in [5.41, 5.74) is 3.06. The van der Waals surface area contributed by atoms with Crippen LogP contribution >= 0.6 is 0 Å². The number of carbonyl (C=O) groups excluding carboxylic acids is 1. The Balaban J connectivity index is 2.32. The van der Waals surface area contributed by atoms with E-state index in [4.69, 9.17) is 0 Å². The lowest BCUT2D eigenvalue weighted by Crippen LogP contribution is -2.11. The van der Waals surface area contributed by atoms with Gasteiger partial charge in [0.1, 0.15) is 0 Å². The first kappa shape index (κ1) is 12.6. The molecule has 0 saturated heterocycles. The van der Waals surface area contributed by atoms with Gasteiger partial charge in [-0.15, -0.1) is 0 Å². The predicted octanol–water partition coefficient (Wildman–Crippen LogP) is 4.24. The van der Waals surface area contributed by atoms with E-state index in [2.05, 4.69) is 6.92 Å². The summed E-state index contributed by atoms with van der Waals surface area (Å²) in [5, 5.41) is 0. The fraction of sp³-hybridized carbons (Fsp3) is 0.235. The number of carbonyl (C=O) groups is 1. The molecule has 0 aliphatic carbocycles. The molecule has 1 unspecified atom stereocenters. The van der Waals surface area contributed by atoms with Gasteiger partial charge in [-0.3, -0.25) is 4.79 Å². The number of aryl methyl sites for hydroxylation is 1. The fourth-order valence-corrected chi connectivity index (χ4v) is 2.20. The van der Waals surface area contributed by atoms with Crippen LogP contribution in [0, 0.1) is 0 Å². The van der Waals surface area contributed by atoms with Gasteiger partial charge in [-0.2, -0.15) is 0 Å². The van der Waals surface area contributed by atoms with Gasteiger partial charge in [0.25, 0.3) is 0 Å². The van der Waals surface area contributed by atoms with Crippen LogP contribution in [0.3, 0.4) is 0 Å². The summed E-state index contributed by atoms with van der Waals surface area (Å²) in [7, 11) is 0. The van der Waals surface area contributed by atoms with E-state index in [1.807, 2.05) is 61.5 Å². The van der Waals surface area contributed by atoms with Gasteiger partial charge in [-0.05, 0) is 17.5 Å². The number of Topliss-reactive ketones (excluding diaryl/α,β-unsaturated/α-hetero) is 1. The molecule has 0 N–H and O–H groups in total. The van der Waals surface area contributed by atoms with Crippen LogP contribution in [0.1, 0.15) is 41.3 Å². The third-order valence-electron chi connectivity index (χ3n) is 3.36. The normalized spacial score (nSPS) is 12.1. The highest BCUT2D eigenvalue weighted by molar-refractivity contribution is 6.01. The molecular formula is C17H18O. The first-order valence-electron chi connectivity index (χ1n) is 6.41. The van der Waals surface area contributed by atoms with E-state index in [0.29, 0.717) is 0 Å². The van der Waals surface area contributed by atoms with Gasteiger partial charge < -0.3 is 0 Å². The minimum absolute atomic E-state index is 0.0844. The lowest BCUT2D eigenvalue weighted by molar-refractivity contribution is 0.0965. The molecule has 0 aliphatic rings. The van der Waals surface area contributed by atoms with Crippen LogP contribution in [-0.4, -0.2) is 5.78 Å². The van der Waals surface area contributed by atoms with Gasteiger partial charge in [0.2, 0.25) is 0 Å². The lowest BCUT2D eigenvalue weighted by atomic mass is 9.89. The Labute approximate surface area is 108 Å². The molecule has 18 heavy (non-hydrogen) atoms. The highest BCUT2D eigenvalue weighted by atomic mass is 16.1. The maximum Gasteiger partial charge on any atom is 0.170 e. The fourth-order valence-electron chi connectivity index (χ4n) is 2.20. The van der Waals surface area contributed by atoms with Gasteiger partial charge >= 0.3 is 0 Å². The zero-order chi connectivity index (χ0) is 13.0. The lowest BCUT2D eigenvalue weighted by Gasteiger charge is -2.13. The van der Waals surface area contributed by atoms with E-state index in [1.54, 1.807) is 0 Å². The summed E-state index contributed by atoms with van der Waals surface area (Å²) in [6.45, 7) is 4.06. The van der Waals surface area contributed by atoms with Crippen LogP contribution in [-0.2, 0) is 6.42 Å². The smallest absolute Gasteiger partial charge is 0.170 e. The van der Waals surface area contributed by atoms with Crippen LogP contribution in [0.25, 0.3) is 0 Å². The summed E-state index contributed by atoms with van der Waals surface area (Å²) in [4.78, 5) is 12.5. The molecule has 1 nitrogen and oxygen atoms in total. The van der Waals surface area contributed by atoms with Gasteiger partial charge in [0.15, 0.2) is 5.78 Å². The molecule has 0 radical (unpaired) electrons. The molecule has 0 amide bonds. The molecule has 0 heterocycles. The molecule has 2 aromatic rings. The molecule has 1 atom stereocenters. The van der Waals surface area contributed by atoms with Crippen molar-refractivity contribution in [1.82, 2.24) is 0 Å². The molecule has 92 valence electrons. The van der Waals surface area contributed by atoms with Crippen LogP contribution in [0.15, 0.2) is 54.6 Å². The van der Waals surface area contributed by atoms with Gasteiger partial charge in [-0.1, -0.05) is 68.4 Å². The average molecular weight is 238 g/mol. The minimum atomic E-state index is -0.0844. The number of hydrogen-bond donors (Lipinski definition) is 0. The predicted molar refractivity (Wildman–Crippen MR) is 75.0 cm³/mol. The van der Waals surface area contributed by atoms with Crippen molar-refractivity contribution in [2.24, 2.45) is 0 Å². The zero-order valence-electron chi connectivity index (χ0n) is 10.9.